The number of hydrogen-bond donors (Lipinski definition) is 0. The van der Waals surface area contributed by atoms with E-state index in [0.29, 0.717) is 15.1 Å². The van der Waals surface area contributed by atoms with Crippen LogP contribution in [0.3, 0.4) is 0 Å². The Bertz CT molecular complexity index is 909. The normalized spacial score (nSPS) is 14.2. The number of aromatic nitrogens is 3. The Labute approximate surface area is 134 Å². The molecule has 0 unspecified atom stereocenters. The zero-order chi connectivity index (χ0) is 15.1. The number of rotatable bonds is 3. The van der Waals surface area contributed by atoms with Crippen molar-refractivity contribution in [2.75, 3.05) is 0 Å². The maximum absolute atomic E-state index is 12.7. The lowest BCUT2D eigenvalue weighted by atomic mass is 9.97. The van der Waals surface area contributed by atoms with Crippen molar-refractivity contribution < 1.29 is 4.79 Å². The van der Waals surface area contributed by atoms with Gasteiger partial charge < -0.3 is 0 Å². The van der Waals surface area contributed by atoms with Gasteiger partial charge in [0, 0.05) is 4.88 Å². The number of thiophene rings is 2. The van der Waals surface area contributed by atoms with Gasteiger partial charge in [0.05, 0.1) is 10.3 Å². The predicted octanol–water partition coefficient (Wildman–Crippen LogP) is 2.68. The maximum Gasteiger partial charge on any atom is 0.279 e. The van der Waals surface area contributed by atoms with Crippen molar-refractivity contribution in [3.8, 4) is 0 Å². The van der Waals surface area contributed by atoms with E-state index in [-0.39, 0.29) is 17.9 Å². The largest absolute Gasteiger partial charge is 0.291 e. The van der Waals surface area contributed by atoms with E-state index < -0.39 is 0 Å². The molecule has 0 N–H and O–H groups in total. The van der Waals surface area contributed by atoms with Crippen molar-refractivity contribution in [2.45, 2.75) is 32.2 Å². The summed E-state index contributed by atoms with van der Waals surface area (Å²) in [7, 11) is 0. The second kappa shape index (κ2) is 5.40. The number of hydrogen-bond acceptors (Lipinski definition) is 6. The predicted molar refractivity (Wildman–Crippen MR) is 87.0 cm³/mol. The first-order valence-electron chi connectivity index (χ1n) is 7.19. The molecule has 1 aliphatic rings. The molecule has 3 aromatic rings. The molecular formula is C15H13N3O2S2. The van der Waals surface area contributed by atoms with Crippen LogP contribution >= 0.6 is 22.7 Å². The van der Waals surface area contributed by atoms with Crippen molar-refractivity contribution >= 4 is 38.7 Å². The average molecular weight is 331 g/mol. The van der Waals surface area contributed by atoms with E-state index in [4.69, 9.17) is 0 Å². The first kappa shape index (κ1) is 13.8. The van der Waals surface area contributed by atoms with E-state index in [9.17, 15) is 9.59 Å². The van der Waals surface area contributed by atoms with Gasteiger partial charge in [-0.25, -0.2) is 4.68 Å². The van der Waals surface area contributed by atoms with E-state index in [2.05, 4.69) is 10.3 Å². The van der Waals surface area contributed by atoms with Gasteiger partial charge in [0.25, 0.3) is 5.56 Å². The lowest BCUT2D eigenvalue weighted by Crippen LogP contribution is -2.27. The van der Waals surface area contributed by atoms with Gasteiger partial charge in [0.1, 0.15) is 6.54 Å². The van der Waals surface area contributed by atoms with Crippen LogP contribution in [0.4, 0.5) is 0 Å². The SMILES string of the molecule is O=C(Cn1nnc2sc3c(c2c1=O)CCCC3)c1cccs1. The van der Waals surface area contributed by atoms with Crippen molar-refractivity contribution in [1.29, 1.82) is 0 Å². The van der Waals surface area contributed by atoms with E-state index >= 15 is 0 Å². The van der Waals surface area contributed by atoms with Gasteiger partial charge in [0.15, 0.2) is 10.6 Å². The molecule has 7 heteroatoms. The molecule has 0 aromatic carbocycles. The van der Waals surface area contributed by atoms with Crippen LogP contribution in [-0.4, -0.2) is 20.8 Å². The number of carbonyl (C=O) groups is 1. The molecule has 0 radical (unpaired) electrons. The number of nitrogens with zero attached hydrogens (tertiary/aromatic N) is 3. The smallest absolute Gasteiger partial charge is 0.279 e. The van der Waals surface area contributed by atoms with Crippen molar-refractivity contribution in [1.82, 2.24) is 15.0 Å². The summed E-state index contributed by atoms with van der Waals surface area (Å²) in [6, 6.07) is 3.58. The zero-order valence-corrected chi connectivity index (χ0v) is 13.4. The maximum atomic E-state index is 12.7. The van der Waals surface area contributed by atoms with Crippen LogP contribution in [0.1, 0.15) is 33.0 Å². The van der Waals surface area contributed by atoms with Gasteiger partial charge in [-0.3, -0.25) is 9.59 Å². The van der Waals surface area contributed by atoms with Gasteiger partial charge in [-0.15, -0.1) is 27.8 Å². The summed E-state index contributed by atoms with van der Waals surface area (Å²) in [6.07, 6.45) is 4.21. The van der Waals surface area contributed by atoms with Crippen LogP contribution in [0.25, 0.3) is 10.2 Å². The molecule has 3 heterocycles. The van der Waals surface area contributed by atoms with E-state index in [1.807, 2.05) is 11.4 Å². The van der Waals surface area contributed by atoms with Gasteiger partial charge in [-0.2, -0.15) is 0 Å². The Morgan fingerprint density at radius 3 is 3.00 bits per heavy atom. The van der Waals surface area contributed by atoms with Crippen molar-refractivity contribution in [3.63, 3.8) is 0 Å². The van der Waals surface area contributed by atoms with Gasteiger partial charge >= 0.3 is 0 Å². The fourth-order valence-corrected chi connectivity index (χ4v) is 4.72. The molecular weight excluding hydrogens is 318 g/mol. The van der Waals surface area contributed by atoms with E-state index in [0.717, 1.165) is 31.2 Å². The second-order valence-corrected chi connectivity index (χ2v) is 7.38. The average Bonchev–Trinajstić information content (AvgIpc) is 3.17. The quantitative estimate of drug-likeness (QED) is 0.692. The third-order valence-electron chi connectivity index (χ3n) is 3.93. The summed E-state index contributed by atoms with van der Waals surface area (Å²) in [4.78, 5) is 27.5. The molecule has 112 valence electrons. The van der Waals surface area contributed by atoms with Crippen LogP contribution in [0.15, 0.2) is 22.3 Å². The summed E-state index contributed by atoms with van der Waals surface area (Å²) in [5, 5.41) is 10.6. The van der Waals surface area contributed by atoms with E-state index in [1.165, 1.54) is 20.9 Å². The van der Waals surface area contributed by atoms with Crippen LogP contribution in [0.2, 0.25) is 0 Å². The molecule has 4 rings (SSSR count). The van der Waals surface area contributed by atoms with Crippen LogP contribution in [0.5, 0.6) is 0 Å². The number of fused-ring (bicyclic) bond motifs is 3. The Balaban J connectivity index is 1.78. The molecule has 1 aliphatic carbocycles. The topological polar surface area (TPSA) is 64.8 Å². The standard InChI is InChI=1S/C15H13N3O2S2/c19-10(12-6-3-7-21-12)8-18-15(20)13-9-4-1-2-5-11(9)22-14(13)16-17-18/h3,6-7H,1-2,4-5,8H2. The molecule has 22 heavy (non-hydrogen) atoms. The second-order valence-electron chi connectivity index (χ2n) is 5.34. The molecule has 0 atom stereocenters. The molecule has 0 spiro atoms. The third kappa shape index (κ3) is 2.21. The molecule has 5 nitrogen and oxygen atoms in total. The number of Topliss-reactive ketones (excluding diaryl/α,β-unsaturated/α-hetero) is 1. The minimum Gasteiger partial charge on any atom is -0.291 e. The van der Waals surface area contributed by atoms with Crippen molar-refractivity contribution in [3.05, 3.63) is 43.2 Å². The van der Waals surface area contributed by atoms with E-state index in [1.54, 1.807) is 17.4 Å². The highest BCUT2D eigenvalue weighted by Crippen LogP contribution is 2.33. The summed E-state index contributed by atoms with van der Waals surface area (Å²) in [6.45, 7) is -0.0487. The number of ketones is 1. The lowest BCUT2D eigenvalue weighted by molar-refractivity contribution is 0.0968. The molecule has 3 aromatic heterocycles. The molecule has 0 amide bonds. The van der Waals surface area contributed by atoms with Crippen LogP contribution < -0.4 is 5.56 Å². The highest BCUT2D eigenvalue weighted by atomic mass is 32.1. The highest BCUT2D eigenvalue weighted by Gasteiger charge is 2.21. The zero-order valence-electron chi connectivity index (χ0n) is 11.7. The van der Waals surface area contributed by atoms with Crippen molar-refractivity contribution in [2.24, 2.45) is 0 Å². The first-order valence-corrected chi connectivity index (χ1v) is 8.88. The minimum absolute atomic E-state index is 0.0487. The molecule has 0 aliphatic heterocycles. The Kier molecular flexibility index (Phi) is 3.38. The molecule has 0 bridgehead atoms. The fourth-order valence-electron chi connectivity index (χ4n) is 2.86. The monoisotopic (exact) mass is 331 g/mol. The summed E-state index contributed by atoms with van der Waals surface area (Å²) in [5.41, 5.74) is 0.942. The van der Waals surface area contributed by atoms with Crippen LogP contribution in [0, 0.1) is 0 Å². The minimum atomic E-state index is -0.186. The molecule has 0 fully saturated rings. The lowest BCUT2D eigenvalue weighted by Gasteiger charge is -2.10. The summed E-state index contributed by atoms with van der Waals surface area (Å²) in [5.74, 6) is -0.102. The fraction of sp³-hybridized carbons (Fsp3) is 0.333. The number of aryl methyl sites for hydroxylation is 2. The van der Waals surface area contributed by atoms with Gasteiger partial charge in [-0.05, 0) is 42.7 Å². The molecule has 0 saturated heterocycles. The van der Waals surface area contributed by atoms with Gasteiger partial charge in [0.2, 0.25) is 0 Å². The summed E-state index contributed by atoms with van der Waals surface area (Å²) < 4.78 is 1.20. The Morgan fingerprint density at radius 2 is 2.18 bits per heavy atom. The Hall–Kier alpha value is -1.86. The summed E-state index contributed by atoms with van der Waals surface area (Å²) >= 11 is 2.94. The highest BCUT2D eigenvalue weighted by molar-refractivity contribution is 7.18. The third-order valence-corrected chi connectivity index (χ3v) is 6.02. The Morgan fingerprint density at radius 1 is 1.32 bits per heavy atom. The van der Waals surface area contributed by atoms with Crippen LogP contribution in [-0.2, 0) is 19.4 Å². The first-order chi connectivity index (χ1) is 10.7. The number of carbonyl (C=O) groups excluding carboxylic acids is 1. The van der Waals surface area contributed by atoms with Gasteiger partial charge in [-0.1, -0.05) is 11.3 Å². The molecule has 0 saturated carbocycles.